The van der Waals surface area contributed by atoms with Crippen molar-refractivity contribution in [2.45, 2.75) is 34.6 Å². The van der Waals surface area contributed by atoms with Gasteiger partial charge in [0, 0.05) is 34.0 Å². The highest BCUT2D eigenvalue weighted by Gasteiger charge is 2.28. The third kappa shape index (κ3) is 2.90. The van der Waals surface area contributed by atoms with Crippen LogP contribution >= 0.6 is 22.9 Å². The lowest BCUT2D eigenvalue weighted by Crippen LogP contribution is -2.04. The molecule has 0 bridgehead atoms. The third-order valence-electron chi connectivity index (χ3n) is 5.41. The molecule has 0 N–H and O–H groups in total. The summed E-state index contributed by atoms with van der Waals surface area (Å²) < 4.78 is 2.01. The zero-order valence-electron chi connectivity index (χ0n) is 16.6. The van der Waals surface area contributed by atoms with E-state index in [2.05, 4.69) is 9.97 Å². The number of fused-ring (bicyclic) bond motifs is 1. The molecule has 3 aromatic heterocycles. The average Bonchev–Trinajstić information content (AvgIpc) is 3.20. The molecule has 0 saturated carbocycles. The Morgan fingerprint density at radius 2 is 1.79 bits per heavy atom. The number of aromatic nitrogens is 4. The fourth-order valence-electron chi connectivity index (χ4n) is 3.83. The van der Waals surface area contributed by atoms with E-state index in [-0.39, 0.29) is 15.9 Å². The first-order valence-electron chi connectivity index (χ1n) is 8.93. The topological polar surface area (TPSA) is 86.2 Å². The van der Waals surface area contributed by atoms with Crippen LogP contribution in [-0.2, 0) is 0 Å². The summed E-state index contributed by atoms with van der Waals surface area (Å²) in [7, 11) is 0. The van der Waals surface area contributed by atoms with Crippen molar-refractivity contribution in [1.82, 2.24) is 19.4 Å². The minimum Gasteiger partial charge on any atom is -0.285 e. The lowest BCUT2D eigenvalue weighted by Gasteiger charge is -2.16. The number of benzene rings is 1. The van der Waals surface area contributed by atoms with Crippen molar-refractivity contribution >= 4 is 33.6 Å². The Balaban J connectivity index is 2.17. The normalized spacial score (nSPS) is 11.4. The largest absolute Gasteiger partial charge is 0.285 e. The molecule has 3 heterocycles. The molecule has 7 nitrogen and oxygen atoms in total. The summed E-state index contributed by atoms with van der Waals surface area (Å²) in [6.45, 7) is 9.45. The number of hydrogen-bond acceptors (Lipinski definition) is 6. The molecule has 148 valence electrons. The smallest absolute Gasteiger partial charge is 0.276 e. The highest BCUT2D eigenvalue weighted by molar-refractivity contribution is 7.15. The summed E-state index contributed by atoms with van der Waals surface area (Å²) in [4.78, 5) is 25.5. The Labute approximate surface area is 176 Å². The second-order valence-electron chi connectivity index (χ2n) is 7.00. The van der Waals surface area contributed by atoms with Crippen molar-refractivity contribution in [3.8, 4) is 22.6 Å². The van der Waals surface area contributed by atoms with Crippen LogP contribution in [0.15, 0.2) is 17.6 Å². The highest BCUT2D eigenvalue weighted by atomic mass is 35.5. The average molecular weight is 428 g/mol. The van der Waals surface area contributed by atoms with Gasteiger partial charge in [-0.3, -0.25) is 14.5 Å². The van der Waals surface area contributed by atoms with E-state index in [1.807, 2.05) is 30.6 Å². The minimum absolute atomic E-state index is 0.128. The van der Waals surface area contributed by atoms with Crippen LogP contribution in [0.3, 0.4) is 0 Å². The number of halogens is 1. The summed E-state index contributed by atoms with van der Waals surface area (Å²) in [6.07, 6.45) is 1.60. The number of thiazole rings is 1. The molecule has 0 unspecified atom stereocenters. The zero-order chi connectivity index (χ0) is 21.0. The Bertz CT molecular complexity index is 1310. The van der Waals surface area contributed by atoms with Crippen LogP contribution in [0, 0.1) is 44.7 Å². The van der Waals surface area contributed by atoms with Crippen LogP contribution in [0.4, 0.5) is 5.69 Å². The number of imidazole rings is 1. The Kier molecular flexibility index (Phi) is 4.63. The Hall–Kier alpha value is -2.84. The monoisotopic (exact) mass is 427 g/mol. The van der Waals surface area contributed by atoms with Gasteiger partial charge in [0.2, 0.25) is 5.28 Å². The maximum absolute atomic E-state index is 11.8. The number of nitrogens with zero attached hydrogens (tertiary/aromatic N) is 5. The molecule has 29 heavy (non-hydrogen) atoms. The number of aryl methyl sites for hydroxylation is 1. The molecule has 9 heteroatoms. The highest BCUT2D eigenvalue weighted by Crippen LogP contribution is 2.42. The van der Waals surface area contributed by atoms with Crippen molar-refractivity contribution in [2.75, 3.05) is 0 Å². The van der Waals surface area contributed by atoms with Crippen molar-refractivity contribution in [3.05, 3.63) is 61.0 Å². The molecule has 0 aliphatic rings. The summed E-state index contributed by atoms with van der Waals surface area (Å²) in [6, 6.07) is 1.77. The quantitative estimate of drug-likeness (QED) is 0.240. The van der Waals surface area contributed by atoms with Crippen molar-refractivity contribution in [1.29, 1.82) is 0 Å². The lowest BCUT2D eigenvalue weighted by atomic mass is 9.89. The zero-order valence-corrected chi connectivity index (χ0v) is 18.1. The van der Waals surface area contributed by atoms with Gasteiger partial charge >= 0.3 is 0 Å². The molecule has 0 aliphatic carbocycles. The molecule has 0 fully saturated rings. The van der Waals surface area contributed by atoms with Gasteiger partial charge in [-0.25, -0.2) is 15.0 Å². The standard InChI is InChI=1S/C20H18ClN5O2S/c1-9-8-29-20-24-16(18(25(9)20)14-6-7-22-19(21)23-14)15-11(3)10(2)12(4)17(13(15)5)26(27)28/h6-8H,1-5H3. The van der Waals surface area contributed by atoms with Crippen LogP contribution < -0.4 is 0 Å². The van der Waals surface area contributed by atoms with Crippen LogP contribution in [0.1, 0.15) is 27.9 Å². The van der Waals surface area contributed by atoms with Crippen LogP contribution in [0.5, 0.6) is 0 Å². The van der Waals surface area contributed by atoms with E-state index in [9.17, 15) is 10.1 Å². The second kappa shape index (κ2) is 6.89. The molecule has 0 radical (unpaired) electrons. The number of hydrogen-bond donors (Lipinski definition) is 0. The first kappa shape index (κ1) is 19.5. The lowest BCUT2D eigenvalue weighted by molar-refractivity contribution is -0.386. The predicted molar refractivity (Wildman–Crippen MR) is 115 cm³/mol. The third-order valence-corrected chi connectivity index (χ3v) is 6.53. The molecule has 4 aromatic rings. The minimum atomic E-state index is -0.314. The van der Waals surface area contributed by atoms with Crippen molar-refractivity contribution in [3.63, 3.8) is 0 Å². The molecule has 0 amide bonds. The van der Waals surface area contributed by atoms with Crippen molar-refractivity contribution in [2.24, 2.45) is 0 Å². The number of nitro groups is 1. The van der Waals surface area contributed by atoms with Gasteiger partial charge in [-0.05, 0) is 63.4 Å². The van der Waals surface area contributed by atoms with E-state index in [0.717, 1.165) is 33.0 Å². The summed E-state index contributed by atoms with van der Waals surface area (Å²) in [5, 5.41) is 14.0. The summed E-state index contributed by atoms with van der Waals surface area (Å²) in [5.74, 6) is 0. The fourth-order valence-corrected chi connectivity index (χ4v) is 4.84. The van der Waals surface area contributed by atoms with Crippen molar-refractivity contribution < 1.29 is 4.92 Å². The van der Waals surface area contributed by atoms with Gasteiger partial charge in [-0.1, -0.05) is 0 Å². The van der Waals surface area contributed by atoms with Crippen LogP contribution in [0.2, 0.25) is 5.28 Å². The molecular weight excluding hydrogens is 410 g/mol. The molecule has 0 aliphatic heterocycles. The number of nitro benzene ring substituents is 1. The molecule has 0 spiro atoms. The van der Waals surface area contributed by atoms with E-state index in [1.54, 1.807) is 26.1 Å². The van der Waals surface area contributed by atoms with Crippen LogP contribution in [-0.4, -0.2) is 24.3 Å². The Morgan fingerprint density at radius 1 is 1.07 bits per heavy atom. The van der Waals surface area contributed by atoms with E-state index in [0.29, 0.717) is 22.5 Å². The maximum Gasteiger partial charge on any atom is 0.276 e. The van der Waals surface area contributed by atoms with Gasteiger partial charge in [0.25, 0.3) is 5.69 Å². The van der Waals surface area contributed by atoms with Gasteiger partial charge in [0.15, 0.2) is 4.96 Å². The van der Waals surface area contributed by atoms with Gasteiger partial charge in [0.1, 0.15) is 11.4 Å². The molecule has 1 aromatic carbocycles. The number of rotatable bonds is 3. The molecular formula is C20H18ClN5O2S. The maximum atomic E-state index is 11.8. The van der Waals surface area contributed by atoms with E-state index >= 15 is 0 Å². The molecule has 0 atom stereocenters. The predicted octanol–water partition coefficient (Wildman–Crippen LogP) is 5.62. The van der Waals surface area contributed by atoms with Gasteiger partial charge in [0.05, 0.1) is 10.6 Å². The first-order chi connectivity index (χ1) is 13.7. The summed E-state index contributed by atoms with van der Waals surface area (Å²) in [5.41, 5.74) is 7.06. The Morgan fingerprint density at radius 3 is 2.45 bits per heavy atom. The van der Waals surface area contributed by atoms with E-state index in [4.69, 9.17) is 16.6 Å². The van der Waals surface area contributed by atoms with E-state index < -0.39 is 0 Å². The SMILES string of the molecule is Cc1c(C)c(-c2nc3scc(C)n3c2-c2ccnc(Cl)n2)c(C)c([N+](=O)[O-])c1C. The fraction of sp³-hybridized carbons (Fsp3) is 0.250. The first-order valence-corrected chi connectivity index (χ1v) is 10.2. The molecule has 4 rings (SSSR count). The van der Waals surface area contributed by atoms with E-state index in [1.165, 1.54) is 11.3 Å². The molecule has 0 saturated heterocycles. The van der Waals surface area contributed by atoms with Crippen LogP contribution in [0.25, 0.3) is 27.6 Å². The van der Waals surface area contributed by atoms with Gasteiger partial charge in [-0.2, -0.15) is 0 Å². The van der Waals surface area contributed by atoms with Gasteiger partial charge < -0.3 is 0 Å². The summed E-state index contributed by atoms with van der Waals surface area (Å²) >= 11 is 7.58. The van der Waals surface area contributed by atoms with Gasteiger partial charge in [-0.15, -0.1) is 11.3 Å². The second-order valence-corrected chi connectivity index (χ2v) is 8.17.